The molecule has 0 aliphatic heterocycles. The number of carbonyl (C=O) groups is 2. The predicted octanol–water partition coefficient (Wildman–Crippen LogP) is 3.08. The third-order valence-corrected chi connectivity index (χ3v) is 3.86. The van der Waals surface area contributed by atoms with Crippen LogP contribution < -0.4 is 0 Å². The van der Waals surface area contributed by atoms with Gasteiger partial charge in [-0.3, -0.25) is 9.59 Å². The second-order valence-electron chi connectivity index (χ2n) is 4.18. The van der Waals surface area contributed by atoms with Crippen molar-refractivity contribution < 1.29 is 9.59 Å². The molecule has 0 fully saturated rings. The van der Waals surface area contributed by atoms with Crippen molar-refractivity contribution in [1.82, 2.24) is 0 Å². The monoisotopic (exact) mass is 236 g/mol. The first-order chi connectivity index (χ1) is 7.62. The van der Waals surface area contributed by atoms with Crippen LogP contribution in [0.25, 0.3) is 0 Å². The molecule has 84 valence electrons. The Morgan fingerprint density at radius 2 is 2.12 bits per heavy atom. The zero-order chi connectivity index (χ0) is 11.8. The van der Waals surface area contributed by atoms with E-state index < -0.39 is 5.41 Å². The number of rotatable bonds is 2. The highest BCUT2D eigenvalue weighted by Gasteiger charge is 2.42. The number of benzene rings is 1. The van der Waals surface area contributed by atoms with Gasteiger partial charge in [-0.2, -0.15) is 0 Å². The van der Waals surface area contributed by atoms with Crippen LogP contribution >= 0.6 is 11.6 Å². The predicted molar refractivity (Wildman–Crippen MR) is 62.8 cm³/mol. The molecule has 1 aromatic carbocycles. The van der Waals surface area contributed by atoms with E-state index in [9.17, 15) is 9.59 Å². The number of hydrogen-bond acceptors (Lipinski definition) is 2. The maximum Gasteiger partial charge on any atom is 0.232 e. The molecule has 0 bridgehead atoms. The highest BCUT2D eigenvalue weighted by Crippen LogP contribution is 2.41. The first-order valence-electron chi connectivity index (χ1n) is 5.44. The molecular formula is C13H13ClO2. The van der Waals surface area contributed by atoms with Crippen LogP contribution in [0.5, 0.6) is 0 Å². The lowest BCUT2D eigenvalue weighted by molar-refractivity contribution is -0.117. The molecule has 1 aliphatic rings. The largest absolute Gasteiger partial charge is 0.294 e. The summed E-state index contributed by atoms with van der Waals surface area (Å²) in [4.78, 5) is 23.4. The lowest BCUT2D eigenvalue weighted by atomic mass is 9.69. The van der Waals surface area contributed by atoms with E-state index in [2.05, 4.69) is 0 Å². The number of ketones is 1. The summed E-state index contributed by atoms with van der Waals surface area (Å²) in [6.07, 6.45) is 1.57. The number of Topliss-reactive ketones (excluding diaryl/α,β-unsaturated/α-hetero) is 1. The van der Waals surface area contributed by atoms with Gasteiger partial charge in [0.15, 0.2) is 5.78 Å². The Morgan fingerprint density at radius 3 is 2.75 bits per heavy atom. The Hall–Kier alpha value is -1.15. The maximum atomic E-state index is 11.8. The Balaban J connectivity index is 2.65. The SMILES string of the molecule is CCC1(C(=O)Cl)CCC(=O)c2ccccc21. The minimum absolute atomic E-state index is 0.109. The lowest BCUT2D eigenvalue weighted by Crippen LogP contribution is -2.37. The van der Waals surface area contributed by atoms with Crippen LogP contribution in [-0.2, 0) is 10.2 Å². The number of hydrogen-bond donors (Lipinski definition) is 0. The summed E-state index contributed by atoms with van der Waals surface area (Å²) in [5.41, 5.74) is 0.796. The average Bonchev–Trinajstić information content (AvgIpc) is 2.30. The zero-order valence-corrected chi connectivity index (χ0v) is 9.88. The van der Waals surface area contributed by atoms with Gasteiger partial charge < -0.3 is 0 Å². The van der Waals surface area contributed by atoms with Gasteiger partial charge in [-0.05, 0) is 30.0 Å². The highest BCUT2D eigenvalue weighted by atomic mass is 35.5. The Labute approximate surface area is 99.6 Å². The average molecular weight is 237 g/mol. The standard InChI is InChI=1S/C13H13ClO2/c1-2-13(12(14)16)8-7-11(15)9-5-3-4-6-10(9)13/h3-6H,2,7-8H2,1H3. The van der Waals surface area contributed by atoms with Gasteiger partial charge in [0, 0.05) is 12.0 Å². The van der Waals surface area contributed by atoms with Gasteiger partial charge in [-0.25, -0.2) is 0 Å². The van der Waals surface area contributed by atoms with Gasteiger partial charge in [-0.1, -0.05) is 31.2 Å². The molecule has 0 amide bonds. The fourth-order valence-electron chi connectivity index (χ4n) is 2.45. The molecule has 0 saturated heterocycles. The molecule has 2 rings (SSSR count). The van der Waals surface area contributed by atoms with E-state index in [0.717, 1.165) is 5.56 Å². The summed E-state index contributed by atoms with van der Waals surface area (Å²) in [6.45, 7) is 1.94. The number of halogens is 1. The molecule has 0 spiro atoms. The topological polar surface area (TPSA) is 34.1 Å². The summed E-state index contributed by atoms with van der Waals surface area (Å²) < 4.78 is 0. The molecule has 1 aromatic rings. The van der Waals surface area contributed by atoms with Crippen LogP contribution in [0.1, 0.15) is 42.1 Å². The fraction of sp³-hybridized carbons (Fsp3) is 0.385. The molecule has 1 atom stereocenters. The molecule has 1 unspecified atom stereocenters. The van der Waals surface area contributed by atoms with Crippen molar-refractivity contribution in [3.05, 3.63) is 35.4 Å². The molecule has 0 aromatic heterocycles. The molecular weight excluding hydrogens is 224 g/mol. The third kappa shape index (κ3) is 1.49. The molecule has 3 heteroatoms. The molecule has 0 radical (unpaired) electrons. The van der Waals surface area contributed by atoms with Crippen LogP contribution in [0.15, 0.2) is 24.3 Å². The minimum Gasteiger partial charge on any atom is -0.294 e. The number of carbonyl (C=O) groups excluding carboxylic acids is 2. The van der Waals surface area contributed by atoms with Crippen molar-refractivity contribution >= 4 is 22.6 Å². The van der Waals surface area contributed by atoms with Gasteiger partial charge >= 0.3 is 0 Å². The van der Waals surface area contributed by atoms with Crippen molar-refractivity contribution in [1.29, 1.82) is 0 Å². The van der Waals surface area contributed by atoms with E-state index in [1.165, 1.54) is 0 Å². The van der Waals surface area contributed by atoms with Crippen molar-refractivity contribution in [2.45, 2.75) is 31.6 Å². The Bertz CT molecular complexity index is 453. The molecule has 2 nitrogen and oxygen atoms in total. The molecule has 0 heterocycles. The van der Waals surface area contributed by atoms with E-state index in [-0.39, 0.29) is 11.0 Å². The van der Waals surface area contributed by atoms with Crippen LogP contribution in [0.2, 0.25) is 0 Å². The van der Waals surface area contributed by atoms with E-state index in [4.69, 9.17) is 11.6 Å². The van der Waals surface area contributed by atoms with Crippen LogP contribution in [0, 0.1) is 0 Å². The Kier molecular flexibility index (Phi) is 2.85. The molecule has 1 aliphatic carbocycles. The zero-order valence-electron chi connectivity index (χ0n) is 9.13. The fourth-order valence-corrected chi connectivity index (χ4v) is 2.78. The summed E-state index contributed by atoms with van der Waals surface area (Å²) >= 11 is 5.74. The minimum atomic E-state index is -0.661. The van der Waals surface area contributed by atoms with E-state index in [0.29, 0.717) is 24.8 Å². The van der Waals surface area contributed by atoms with Gasteiger partial charge in [0.2, 0.25) is 5.24 Å². The second kappa shape index (κ2) is 4.02. The molecule has 0 saturated carbocycles. The summed E-state index contributed by atoms with van der Waals surface area (Å²) in [7, 11) is 0. The van der Waals surface area contributed by atoms with Crippen molar-refractivity contribution in [2.75, 3.05) is 0 Å². The van der Waals surface area contributed by atoms with Crippen molar-refractivity contribution in [3.8, 4) is 0 Å². The summed E-state index contributed by atoms with van der Waals surface area (Å²) in [5, 5.41) is -0.352. The van der Waals surface area contributed by atoms with Gasteiger partial charge in [0.05, 0.1) is 5.41 Å². The van der Waals surface area contributed by atoms with Gasteiger partial charge in [0.1, 0.15) is 0 Å². The smallest absolute Gasteiger partial charge is 0.232 e. The number of fused-ring (bicyclic) bond motifs is 1. The third-order valence-electron chi connectivity index (χ3n) is 3.50. The van der Waals surface area contributed by atoms with Crippen molar-refractivity contribution in [2.24, 2.45) is 0 Å². The van der Waals surface area contributed by atoms with Crippen LogP contribution in [0.3, 0.4) is 0 Å². The van der Waals surface area contributed by atoms with E-state index in [1.807, 2.05) is 25.1 Å². The summed E-state index contributed by atoms with van der Waals surface area (Å²) in [6, 6.07) is 7.29. The summed E-state index contributed by atoms with van der Waals surface area (Å²) in [5.74, 6) is 0.109. The first kappa shape index (κ1) is 11.3. The highest BCUT2D eigenvalue weighted by molar-refractivity contribution is 6.65. The van der Waals surface area contributed by atoms with Crippen molar-refractivity contribution in [3.63, 3.8) is 0 Å². The first-order valence-corrected chi connectivity index (χ1v) is 5.82. The maximum absolute atomic E-state index is 11.8. The second-order valence-corrected chi connectivity index (χ2v) is 4.52. The van der Waals surface area contributed by atoms with Crippen LogP contribution in [0.4, 0.5) is 0 Å². The van der Waals surface area contributed by atoms with Crippen LogP contribution in [-0.4, -0.2) is 11.0 Å². The Morgan fingerprint density at radius 1 is 1.44 bits per heavy atom. The van der Waals surface area contributed by atoms with E-state index in [1.54, 1.807) is 6.07 Å². The molecule has 0 N–H and O–H groups in total. The van der Waals surface area contributed by atoms with Gasteiger partial charge in [0.25, 0.3) is 0 Å². The van der Waals surface area contributed by atoms with Gasteiger partial charge in [-0.15, -0.1) is 0 Å². The quantitative estimate of drug-likeness (QED) is 0.740. The lowest BCUT2D eigenvalue weighted by Gasteiger charge is -2.34. The molecule has 16 heavy (non-hydrogen) atoms. The normalized spacial score (nSPS) is 24.0. The van der Waals surface area contributed by atoms with E-state index >= 15 is 0 Å².